The van der Waals surface area contributed by atoms with Crippen LogP contribution >= 0.6 is 11.8 Å². The van der Waals surface area contributed by atoms with Crippen molar-refractivity contribution >= 4 is 23.4 Å². The van der Waals surface area contributed by atoms with Crippen LogP contribution in [0.15, 0.2) is 29.3 Å². The largest absolute Gasteiger partial charge is 0.497 e. The number of hydrogen-bond acceptors (Lipinski definition) is 4. The van der Waals surface area contributed by atoms with Gasteiger partial charge in [0, 0.05) is 44.5 Å². The highest BCUT2D eigenvalue weighted by Crippen LogP contribution is 2.26. The molecule has 0 amide bonds. The lowest BCUT2D eigenvalue weighted by atomic mass is 10.1. The van der Waals surface area contributed by atoms with Crippen LogP contribution in [-0.4, -0.2) is 57.8 Å². The second kappa shape index (κ2) is 11.9. The van der Waals surface area contributed by atoms with Gasteiger partial charge in [-0.25, -0.2) is 0 Å². The Morgan fingerprint density at radius 1 is 1.35 bits per heavy atom. The first kappa shape index (κ1) is 20.7. The van der Waals surface area contributed by atoms with Crippen molar-refractivity contribution in [2.75, 3.05) is 56.7 Å². The van der Waals surface area contributed by atoms with Crippen molar-refractivity contribution in [3.8, 4) is 5.75 Å². The van der Waals surface area contributed by atoms with Crippen LogP contribution in [0.2, 0.25) is 0 Å². The number of benzene rings is 1. The van der Waals surface area contributed by atoms with Gasteiger partial charge in [0.1, 0.15) is 5.75 Å². The third-order valence-electron chi connectivity index (χ3n) is 4.62. The molecule has 5 nitrogen and oxygen atoms in total. The maximum absolute atomic E-state index is 5.34. The SMILES string of the molecule is CCNC(=NCC1CCN(c2cccc(OC)c2)C1)NCCCCSC. The van der Waals surface area contributed by atoms with E-state index in [1.54, 1.807) is 7.11 Å². The number of thioether (sulfide) groups is 1. The average Bonchev–Trinajstić information content (AvgIpc) is 3.15. The molecule has 0 aliphatic carbocycles. The fourth-order valence-electron chi connectivity index (χ4n) is 3.16. The summed E-state index contributed by atoms with van der Waals surface area (Å²) in [6.45, 7) is 7.03. The number of ether oxygens (including phenoxy) is 1. The van der Waals surface area contributed by atoms with Crippen molar-refractivity contribution in [1.29, 1.82) is 0 Å². The van der Waals surface area contributed by atoms with E-state index in [0.29, 0.717) is 5.92 Å². The summed E-state index contributed by atoms with van der Waals surface area (Å²) in [5.41, 5.74) is 1.25. The zero-order valence-electron chi connectivity index (χ0n) is 16.5. The molecular formula is C20H34N4OS. The molecule has 26 heavy (non-hydrogen) atoms. The fourth-order valence-corrected chi connectivity index (χ4v) is 3.66. The lowest BCUT2D eigenvalue weighted by Crippen LogP contribution is -2.38. The summed E-state index contributed by atoms with van der Waals surface area (Å²) in [6, 6.07) is 8.33. The van der Waals surface area contributed by atoms with Crippen molar-refractivity contribution in [2.24, 2.45) is 10.9 Å². The van der Waals surface area contributed by atoms with Gasteiger partial charge in [-0.3, -0.25) is 4.99 Å². The van der Waals surface area contributed by atoms with Gasteiger partial charge in [0.15, 0.2) is 5.96 Å². The van der Waals surface area contributed by atoms with Gasteiger partial charge < -0.3 is 20.3 Å². The molecule has 1 aliphatic heterocycles. The van der Waals surface area contributed by atoms with Crippen LogP contribution in [0.5, 0.6) is 5.75 Å². The van der Waals surface area contributed by atoms with Gasteiger partial charge >= 0.3 is 0 Å². The summed E-state index contributed by atoms with van der Waals surface area (Å²) in [7, 11) is 1.72. The van der Waals surface area contributed by atoms with Crippen LogP contribution in [0.1, 0.15) is 26.2 Å². The first-order valence-corrected chi connectivity index (χ1v) is 11.1. The van der Waals surface area contributed by atoms with E-state index in [2.05, 4.69) is 46.9 Å². The molecule has 1 aromatic rings. The fraction of sp³-hybridized carbons (Fsp3) is 0.650. The quantitative estimate of drug-likeness (QED) is 0.372. The van der Waals surface area contributed by atoms with Gasteiger partial charge in [0.25, 0.3) is 0 Å². The molecule has 2 N–H and O–H groups in total. The molecule has 0 saturated carbocycles. The summed E-state index contributed by atoms with van der Waals surface area (Å²) < 4.78 is 5.34. The Bertz CT molecular complexity index is 552. The number of methoxy groups -OCH3 is 1. The summed E-state index contributed by atoms with van der Waals surface area (Å²) in [4.78, 5) is 7.25. The van der Waals surface area contributed by atoms with E-state index in [9.17, 15) is 0 Å². The Hall–Kier alpha value is -1.56. The first-order chi connectivity index (χ1) is 12.8. The highest BCUT2D eigenvalue weighted by Gasteiger charge is 2.22. The molecule has 1 fully saturated rings. The van der Waals surface area contributed by atoms with E-state index in [1.807, 2.05) is 17.8 Å². The van der Waals surface area contributed by atoms with E-state index >= 15 is 0 Å². The second-order valence-corrected chi connectivity index (χ2v) is 7.63. The molecule has 6 heteroatoms. The molecule has 2 rings (SSSR count). The lowest BCUT2D eigenvalue weighted by molar-refractivity contribution is 0.415. The lowest BCUT2D eigenvalue weighted by Gasteiger charge is -2.19. The van der Waals surface area contributed by atoms with Crippen LogP contribution in [-0.2, 0) is 0 Å². The minimum Gasteiger partial charge on any atom is -0.497 e. The zero-order valence-corrected chi connectivity index (χ0v) is 17.3. The van der Waals surface area contributed by atoms with Crippen LogP contribution in [0.4, 0.5) is 5.69 Å². The van der Waals surface area contributed by atoms with Crippen LogP contribution in [0.3, 0.4) is 0 Å². The topological polar surface area (TPSA) is 48.9 Å². The zero-order chi connectivity index (χ0) is 18.6. The molecule has 0 aromatic heterocycles. The Morgan fingerprint density at radius 3 is 3.00 bits per heavy atom. The summed E-state index contributed by atoms with van der Waals surface area (Å²) in [5, 5.41) is 6.82. The third kappa shape index (κ3) is 6.98. The Kier molecular flexibility index (Phi) is 9.53. The van der Waals surface area contributed by atoms with Crippen LogP contribution in [0, 0.1) is 5.92 Å². The number of guanidine groups is 1. The Morgan fingerprint density at radius 2 is 2.23 bits per heavy atom. The molecule has 146 valence electrons. The van der Waals surface area contributed by atoms with Crippen molar-refractivity contribution in [3.05, 3.63) is 24.3 Å². The van der Waals surface area contributed by atoms with Crippen LogP contribution < -0.4 is 20.3 Å². The number of anilines is 1. The van der Waals surface area contributed by atoms with Gasteiger partial charge in [-0.2, -0.15) is 11.8 Å². The highest BCUT2D eigenvalue weighted by molar-refractivity contribution is 7.98. The molecule has 0 radical (unpaired) electrons. The molecular weight excluding hydrogens is 344 g/mol. The minimum atomic E-state index is 0.605. The van der Waals surface area contributed by atoms with E-state index in [4.69, 9.17) is 9.73 Å². The number of rotatable bonds is 10. The van der Waals surface area contributed by atoms with E-state index < -0.39 is 0 Å². The highest BCUT2D eigenvalue weighted by atomic mass is 32.2. The summed E-state index contributed by atoms with van der Waals surface area (Å²) in [6.07, 6.45) is 5.80. The molecule has 1 aromatic carbocycles. The van der Waals surface area contributed by atoms with Crippen molar-refractivity contribution < 1.29 is 4.74 Å². The number of nitrogens with one attached hydrogen (secondary N) is 2. The summed E-state index contributed by atoms with van der Waals surface area (Å²) in [5.74, 6) is 3.71. The van der Waals surface area contributed by atoms with Crippen molar-refractivity contribution in [3.63, 3.8) is 0 Å². The molecule has 1 heterocycles. The molecule has 1 atom stereocenters. The van der Waals surface area contributed by atoms with E-state index in [1.165, 1.54) is 30.7 Å². The van der Waals surface area contributed by atoms with Gasteiger partial charge in [0.2, 0.25) is 0 Å². The maximum Gasteiger partial charge on any atom is 0.191 e. The van der Waals surface area contributed by atoms with E-state index in [-0.39, 0.29) is 0 Å². The monoisotopic (exact) mass is 378 g/mol. The number of unbranched alkanes of at least 4 members (excludes halogenated alkanes) is 1. The molecule has 0 spiro atoms. The first-order valence-electron chi connectivity index (χ1n) is 9.67. The molecule has 1 saturated heterocycles. The number of nitrogens with zero attached hydrogens (tertiary/aromatic N) is 2. The van der Waals surface area contributed by atoms with E-state index in [0.717, 1.165) is 44.4 Å². The second-order valence-electron chi connectivity index (χ2n) is 6.65. The Balaban J connectivity index is 1.80. The van der Waals surface area contributed by atoms with Crippen molar-refractivity contribution in [1.82, 2.24) is 10.6 Å². The molecule has 1 aliphatic rings. The van der Waals surface area contributed by atoms with Gasteiger partial charge in [0.05, 0.1) is 7.11 Å². The smallest absolute Gasteiger partial charge is 0.191 e. The molecule has 1 unspecified atom stereocenters. The van der Waals surface area contributed by atoms with Gasteiger partial charge in [-0.05, 0) is 56.2 Å². The van der Waals surface area contributed by atoms with Gasteiger partial charge in [-0.15, -0.1) is 0 Å². The normalized spacial score (nSPS) is 17.4. The molecule has 0 bridgehead atoms. The standard InChI is InChI=1S/C20H34N4OS/c1-4-21-20(22-11-5-6-13-26-3)23-15-17-10-12-24(16-17)18-8-7-9-19(14-18)25-2/h7-9,14,17H,4-6,10-13,15-16H2,1-3H3,(H2,21,22,23). The van der Waals surface area contributed by atoms with Crippen molar-refractivity contribution in [2.45, 2.75) is 26.2 Å². The number of aliphatic imine (C=N–C) groups is 1. The average molecular weight is 379 g/mol. The maximum atomic E-state index is 5.34. The summed E-state index contributed by atoms with van der Waals surface area (Å²) >= 11 is 1.91. The third-order valence-corrected chi connectivity index (χ3v) is 5.32. The minimum absolute atomic E-state index is 0.605. The van der Waals surface area contributed by atoms with Gasteiger partial charge in [-0.1, -0.05) is 6.07 Å². The Labute approximate surface area is 163 Å². The van der Waals surface area contributed by atoms with Crippen LogP contribution in [0.25, 0.3) is 0 Å². The number of hydrogen-bond donors (Lipinski definition) is 2. The predicted octanol–water partition coefficient (Wildman–Crippen LogP) is 3.22. The predicted molar refractivity (Wildman–Crippen MR) is 115 cm³/mol.